The average molecular weight is 403 g/mol. The molecule has 0 aliphatic heterocycles. The quantitative estimate of drug-likeness (QED) is 0.580. The Hall–Kier alpha value is -2.75. The lowest BCUT2D eigenvalue weighted by molar-refractivity contribution is 0.0952. The van der Waals surface area contributed by atoms with Gasteiger partial charge >= 0.3 is 0 Å². The van der Waals surface area contributed by atoms with Gasteiger partial charge in [0.05, 0.1) is 15.5 Å². The van der Waals surface area contributed by atoms with E-state index in [0.29, 0.717) is 18.7 Å². The fourth-order valence-electron chi connectivity index (χ4n) is 2.49. The summed E-state index contributed by atoms with van der Waals surface area (Å²) in [6.45, 7) is 0.305. The molecule has 3 aromatic rings. The van der Waals surface area contributed by atoms with E-state index in [0.717, 1.165) is 10.4 Å². The molecule has 0 radical (unpaired) electrons. The van der Waals surface area contributed by atoms with Gasteiger partial charge in [0.2, 0.25) is 10.0 Å². The third-order valence-electron chi connectivity index (χ3n) is 3.89. The number of aromatic amines is 1. The second-order valence-electron chi connectivity index (χ2n) is 5.79. The van der Waals surface area contributed by atoms with Crippen molar-refractivity contribution in [2.75, 3.05) is 6.54 Å². The molecule has 0 spiro atoms. The first-order valence-electron chi connectivity index (χ1n) is 8.02. The van der Waals surface area contributed by atoms with Gasteiger partial charge in [-0.15, -0.1) is 11.3 Å². The first-order valence-corrected chi connectivity index (χ1v) is 10.4. The molecular weight excluding hydrogens is 386 g/mol. The van der Waals surface area contributed by atoms with Gasteiger partial charge < -0.3 is 10.3 Å². The zero-order valence-electron chi connectivity index (χ0n) is 14.1. The highest BCUT2D eigenvalue weighted by Crippen LogP contribution is 2.21. The maximum atomic E-state index is 12.2. The second-order valence-corrected chi connectivity index (χ2v) is 8.30. The Kier molecular flexibility index (Phi) is 5.54. The number of H-pyrrole nitrogens is 1. The molecule has 140 valence electrons. The second kappa shape index (κ2) is 7.87. The van der Waals surface area contributed by atoms with Crippen molar-refractivity contribution in [3.63, 3.8) is 0 Å². The van der Waals surface area contributed by atoms with Gasteiger partial charge in [-0.1, -0.05) is 18.2 Å². The number of carbonyl (C=O) groups excluding carboxylic acids is 1. The number of nitrogens with two attached hydrogens (primary N) is 1. The van der Waals surface area contributed by atoms with Crippen molar-refractivity contribution < 1.29 is 13.2 Å². The highest BCUT2D eigenvalue weighted by atomic mass is 32.2. The van der Waals surface area contributed by atoms with E-state index in [-0.39, 0.29) is 10.5 Å². The van der Waals surface area contributed by atoms with Gasteiger partial charge in [-0.25, -0.2) is 13.6 Å². The van der Waals surface area contributed by atoms with E-state index in [1.165, 1.54) is 29.5 Å². The van der Waals surface area contributed by atoms with Gasteiger partial charge in [-0.05, 0) is 47.7 Å². The standard InChI is InChI=1S/C18H17N3O4S2/c19-27(24,25)13-5-3-12(4-6-13)9-10-20-17(22)14-7-8-15(21-18(14)23)16-2-1-11-26-16/h1-8,11H,9-10H2,(H,20,22)(H,21,23)(H2,19,24,25). The Labute approximate surface area is 159 Å². The summed E-state index contributed by atoms with van der Waals surface area (Å²) in [5.74, 6) is -0.463. The predicted molar refractivity (Wildman–Crippen MR) is 104 cm³/mol. The lowest BCUT2D eigenvalue weighted by Gasteiger charge is -2.06. The van der Waals surface area contributed by atoms with Crippen molar-refractivity contribution in [1.29, 1.82) is 0 Å². The van der Waals surface area contributed by atoms with Crippen molar-refractivity contribution in [1.82, 2.24) is 10.3 Å². The molecule has 0 atom stereocenters. The minimum absolute atomic E-state index is 0.0349. The molecule has 2 aromatic heterocycles. The average Bonchev–Trinajstić information content (AvgIpc) is 3.16. The van der Waals surface area contributed by atoms with E-state index in [2.05, 4.69) is 10.3 Å². The Balaban J connectivity index is 1.60. The lowest BCUT2D eigenvalue weighted by Crippen LogP contribution is -2.31. The first-order chi connectivity index (χ1) is 12.8. The molecule has 0 aliphatic rings. The summed E-state index contributed by atoms with van der Waals surface area (Å²) < 4.78 is 22.4. The van der Waals surface area contributed by atoms with Crippen LogP contribution in [0.15, 0.2) is 63.6 Å². The SMILES string of the molecule is NS(=O)(=O)c1ccc(CCNC(=O)c2ccc(-c3cccs3)[nH]c2=O)cc1. The Morgan fingerprint density at radius 2 is 1.85 bits per heavy atom. The molecule has 0 bridgehead atoms. The van der Waals surface area contributed by atoms with Crippen LogP contribution in [0.1, 0.15) is 15.9 Å². The fraction of sp³-hybridized carbons (Fsp3) is 0.111. The zero-order valence-corrected chi connectivity index (χ0v) is 15.8. The number of hydrogen-bond acceptors (Lipinski definition) is 5. The summed E-state index contributed by atoms with van der Waals surface area (Å²) in [5, 5.41) is 9.64. The van der Waals surface area contributed by atoms with E-state index < -0.39 is 21.5 Å². The molecule has 0 aliphatic carbocycles. The summed E-state index contributed by atoms with van der Waals surface area (Å²) in [6.07, 6.45) is 0.488. The number of amides is 1. The maximum absolute atomic E-state index is 12.2. The Morgan fingerprint density at radius 3 is 2.44 bits per heavy atom. The summed E-state index contributed by atoms with van der Waals surface area (Å²) in [7, 11) is -3.72. The number of benzene rings is 1. The van der Waals surface area contributed by atoms with Gasteiger partial charge in [0.15, 0.2) is 0 Å². The molecule has 2 heterocycles. The predicted octanol–water partition coefficient (Wildman–Crippen LogP) is 1.72. The number of aromatic nitrogens is 1. The van der Waals surface area contributed by atoms with E-state index in [4.69, 9.17) is 5.14 Å². The third kappa shape index (κ3) is 4.70. The number of carbonyl (C=O) groups is 1. The molecule has 0 unspecified atom stereocenters. The number of thiophene rings is 1. The van der Waals surface area contributed by atoms with Gasteiger partial charge in [-0.2, -0.15) is 0 Å². The Morgan fingerprint density at radius 1 is 1.11 bits per heavy atom. The number of nitrogens with one attached hydrogen (secondary N) is 2. The normalized spacial score (nSPS) is 11.3. The maximum Gasteiger partial charge on any atom is 0.261 e. The number of hydrogen-bond donors (Lipinski definition) is 3. The van der Waals surface area contributed by atoms with Crippen LogP contribution >= 0.6 is 11.3 Å². The van der Waals surface area contributed by atoms with Crippen molar-refractivity contribution in [3.05, 3.63) is 75.4 Å². The molecule has 0 saturated carbocycles. The molecule has 3 rings (SSSR count). The van der Waals surface area contributed by atoms with Crippen molar-refractivity contribution in [2.24, 2.45) is 5.14 Å². The lowest BCUT2D eigenvalue weighted by atomic mass is 10.1. The summed E-state index contributed by atoms with van der Waals surface area (Å²) in [4.78, 5) is 28.0. The van der Waals surface area contributed by atoms with E-state index in [1.54, 1.807) is 18.2 Å². The molecule has 7 nitrogen and oxygen atoms in total. The van der Waals surface area contributed by atoms with Crippen LogP contribution in [0.2, 0.25) is 0 Å². The molecule has 0 fully saturated rings. The van der Waals surface area contributed by atoms with Crippen LogP contribution in [-0.4, -0.2) is 25.9 Å². The monoisotopic (exact) mass is 403 g/mol. The van der Waals surface area contributed by atoms with Crippen molar-refractivity contribution in [2.45, 2.75) is 11.3 Å². The highest BCUT2D eigenvalue weighted by molar-refractivity contribution is 7.89. The molecule has 1 amide bonds. The van der Waals surface area contributed by atoms with E-state index >= 15 is 0 Å². The number of pyridine rings is 1. The van der Waals surface area contributed by atoms with Gasteiger partial charge in [0.25, 0.3) is 11.5 Å². The number of rotatable bonds is 6. The van der Waals surface area contributed by atoms with Crippen LogP contribution < -0.4 is 16.0 Å². The topological polar surface area (TPSA) is 122 Å². The summed E-state index contributed by atoms with van der Waals surface area (Å²) in [6, 6.07) is 13.1. The molecular formula is C18H17N3O4S2. The summed E-state index contributed by atoms with van der Waals surface area (Å²) >= 11 is 1.50. The largest absolute Gasteiger partial charge is 0.352 e. The van der Waals surface area contributed by atoms with Gasteiger partial charge in [-0.3, -0.25) is 9.59 Å². The van der Waals surface area contributed by atoms with Crippen LogP contribution in [0, 0.1) is 0 Å². The van der Waals surface area contributed by atoms with Crippen LogP contribution in [0.5, 0.6) is 0 Å². The van der Waals surface area contributed by atoms with Crippen molar-refractivity contribution >= 4 is 27.3 Å². The molecule has 9 heteroatoms. The third-order valence-corrected chi connectivity index (χ3v) is 5.72. The molecule has 27 heavy (non-hydrogen) atoms. The van der Waals surface area contributed by atoms with E-state index in [9.17, 15) is 18.0 Å². The summed E-state index contributed by atoms with van der Waals surface area (Å²) in [5.41, 5.74) is 1.10. The van der Waals surface area contributed by atoms with Crippen LogP contribution in [0.3, 0.4) is 0 Å². The molecule has 1 aromatic carbocycles. The molecule has 4 N–H and O–H groups in total. The Bertz CT molecular complexity index is 1100. The minimum atomic E-state index is -3.72. The van der Waals surface area contributed by atoms with Gasteiger partial charge in [0.1, 0.15) is 5.56 Å². The minimum Gasteiger partial charge on any atom is -0.352 e. The highest BCUT2D eigenvalue weighted by Gasteiger charge is 2.12. The van der Waals surface area contributed by atoms with Gasteiger partial charge in [0, 0.05) is 6.54 Å². The van der Waals surface area contributed by atoms with Crippen molar-refractivity contribution in [3.8, 4) is 10.6 Å². The van der Waals surface area contributed by atoms with Crippen LogP contribution in [0.4, 0.5) is 0 Å². The number of sulfonamides is 1. The first kappa shape index (κ1) is 19.0. The zero-order chi connectivity index (χ0) is 19.4. The molecule has 0 saturated heterocycles. The smallest absolute Gasteiger partial charge is 0.261 e. The van der Waals surface area contributed by atoms with Crippen LogP contribution in [0.25, 0.3) is 10.6 Å². The number of primary sulfonamides is 1. The van der Waals surface area contributed by atoms with E-state index in [1.807, 2.05) is 17.5 Å². The van der Waals surface area contributed by atoms with Crippen LogP contribution in [-0.2, 0) is 16.4 Å². The fourth-order valence-corrected chi connectivity index (χ4v) is 3.71.